The molecule has 25 heavy (non-hydrogen) atoms. The molecule has 0 heterocycles. The summed E-state index contributed by atoms with van der Waals surface area (Å²) in [5.41, 5.74) is 1.51. The molecule has 1 atom stereocenters. The molecule has 0 fully saturated rings. The van der Waals surface area contributed by atoms with Crippen LogP contribution in [0, 0.1) is 0 Å². The Hall–Kier alpha value is -2.24. The standard InChI is InChI=1S/C19H23ClN2O3/c1-22(2)16(14-7-5-6-8-17(14)24-3)12-21-19(23)13-9-10-18(25-4)15(20)11-13/h5-11,16H,12H2,1-4H3,(H,21,23). The van der Waals surface area contributed by atoms with Crippen molar-refractivity contribution in [2.45, 2.75) is 6.04 Å². The van der Waals surface area contributed by atoms with E-state index in [-0.39, 0.29) is 11.9 Å². The molecule has 0 spiro atoms. The van der Waals surface area contributed by atoms with Gasteiger partial charge in [0.05, 0.1) is 25.3 Å². The second-order valence-electron chi connectivity index (χ2n) is 5.78. The molecule has 0 radical (unpaired) electrons. The Bertz CT molecular complexity index is 734. The summed E-state index contributed by atoms with van der Waals surface area (Å²) in [6, 6.07) is 12.7. The van der Waals surface area contributed by atoms with Gasteiger partial charge in [0.2, 0.25) is 0 Å². The predicted molar refractivity (Wildman–Crippen MR) is 99.8 cm³/mol. The molecule has 0 saturated carbocycles. The van der Waals surface area contributed by atoms with Crippen LogP contribution in [0.1, 0.15) is 22.0 Å². The minimum absolute atomic E-state index is 0.0196. The second-order valence-corrected chi connectivity index (χ2v) is 6.19. The number of benzene rings is 2. The Morgan fingerprint density at radius 3 is 2.40 bits per heavy atom. The van der Waals surface area contributed by atoms with Gasteiger partial charge in [0.25, 0.3) is 5.91 Å². The van der Waals surface area contributed by atoms with E-state index in [0.29, 0.717) is 22.9 Å². The van der Waals surface area contributed by atoms with E-state index in [1.165, 1.54) is 7.11 Å². The number of hydrogen-bond donors (Lipinski definition) is 1. The number of nitrogens with zero attached hydrogens (tertiary/aromatic N) is 1. The van der Waals surface area contributed by atoms with Crippen molar-refractivity contribution in [2.24, 2.45) is 0 Å². The van der Waals surface area contributed by atoms with Gasteiger partial charge in [0, 0.05) is 17.7 Å². The molecule has 0 aliphatic carbocycles. The zero-order chi connectivity index (χ0) is 18.4. The van der Waals surface area contributed by atoms with Crippen molar-refractivity contribution in [2.75, 3.05) is 34.9 Å². The number of halogens is 1. The number of amides is 1. The Balaban J connectivity index is 2.13. The van der Waals surface area contributed by atoms with Crippen LogP contribution in [-0.4, -0.2) is 45.7 Å². The number of likely N-dealkylation sites (N-methyl/N-ethyl adjacent to an activating group) is 1. The largest absolute Gasteiger partial charge is 0.496 e. The molecule has 0 saturated heterocycles. The average Bonchev–Trinajstić information content (AvgIpc) is 2.61. The topological polar surface area (TPSA) is 50.8 Å². The van der Waals surface area contributed by atoms with Gasteiger partial charge >= 0.3 is 0 Å². The number of hydrogen-bond acceptors (Lipinski definition) is 4. The monoisotopic (exact) mass is 362 g/mol. The highest BCUT2D eigenvalue weighted by Gasteiger charge is 2.19. The predicted octanol–water partition coefficient (Wildman–Crippen LogP) is 3.39. The van der Waals surface area contributed by atoms with Crippen molar-refractivity contribution in [3.8, 4) is 11.5 Å². The van der Waals surface area contributed by atoms with E-state index in [1.807, 2.05) is 43.3 Å². The minimum Gasteiger partial charge on any atom is -0.496 e. The van der Waals surface area contributed by atoms with Crippen LogP contribution in [-0.2, 0) is 0 Å². The molecule has 1 unspecified atom stereocenters. The van der Waals surface area contributed by atoms with E-state index in [1.54, 1.807) is 25.3 Å². The van der Waals surface area contributed by atoms with E-state index < -0.39 is 0 Å². The maximum atomic E-state index is 12.4. The minimum atomic E-state index is -0.189. The van der Waals surface area contributed by atoms with Gasteiger partial charge in [-0.1, -0.05) is 29.8 Å². The smallest absolute Gasteiger partial charge is 0.251 e. The third-order valence-electron chi connectivity index (χ3n) is 3.99. The first-order valence-corrected chi connectivity index (χ1v) is 8.26. The third kappa shape index (κ3) is 4.65. The quantitative estimate of drug-likeness (QED) is 0.820. The maximum absolute atomic E-state index is 12.4. The Labute approximate surface area is 153 Å². The summed E-state index contributed by atoms with van der Waals surface area (Å²) in [6.07, 6.45) is 0. The fourth-order valence-corrected chi connectivity index (χ4v) is 2.87. The molecule has 1 amide bonds. The van der Waals surface area contributed by atoms with E-state index in [4.69, 9.17) is 21.1 Å². The van der Waals surface area contributed by atoms with Crippen molar-refractivity contribution < 1.29 is 14.3 Å². The molecule has 2 aromatic rings. The van der Waals surface area contributed by atoms with Gasteiger partial charge in [0.1, 0.15) is 11.5 Å². The Morgan fingerprint density at radius 2 is 1.80 bits per heavy atom. The van der Waals surface area contributed by atoms with Crippen LogP contribution in [0.4, 0.5) is 0 Å². The molecular formula is C19H23ClN2O3. The van der Waals surface area contributed by atoms with Gasteiger partial charge in [-0.2, -0.15) is 0 Å². The van der Waals surface area contributed by atoms with Crippen molar-refractivity contribution in [3.63, 3.8) is 0 Å². The fraction of sp³-hybridized carbons (Fsp3) is 0.316. The molecule has 6 heteroatoms. The summed E-state index contributed by atoms with van der Waals surface area (Å²) in [5.74, 6) is 1.15. The van der Waals surface area contributed by atoms with Crippen LogP contribution in [0.25, 0.3) is 0 Å². The summed E-state index contributed by atoms with van der Waals surface area (Å²) >= 11 is 6.09. The molecule has 1 N–H and O–H groups in total. The van der Waals surface area contributed by atoms with E-state index in [0.717, 1.165) is 11.3 Å². The molecule has 0 aliphatic rings. The lowest BCUT2D eigenvalue weighted by Gasteiger charge is -2.26. The number of methoxy groups -OCH3 is 2. The normalized spacial score (nSPS) is 11.9. The second kappa shape index (κ2) is 8.74. The molecular weight excluding hydrogens is 340 g/mol. The number of carbonyl (C=O) groups excluding carboxylic acids is 1. The summed E-state index contributed by atoms with van der Waals surface area (Å²) in [5, 5.41) is 3.37. The first kappa shape index (κ1) is 19.1. The average molecular weight is 363 g/mol. The molecule has 134 valence electrons. The van der Waals surface area contributed by atoms with E-state index >= 15 is 0 Å². The molecule has 2 aromatic carbocycles. The maximum Gasteiger partial charge on any atom is 0.251 e. The number of nitrogens with one attached hydrogen (secondary N) is 1. The van der Waals surface area contributed by atoms with Gasteiger partial charge in [0.15, 0.2) is 0 Å². The highest BCUT2D eigenvalue weighted by Crippen LogP contribution is 2.28. The van der Waals surface area contributed by atoms with Crippen LogP contribution < -0.4 is 14.8 Å². The lowest BCUT2D eigenvalue weighted by molar-refractivity contribution is 0.0941. The van der Waals surface area contributed by atoms with E-state index in [9.17, 15) is 4.79 Å². The van der Waals surface area contributed by atoms with Gasteiger partial charge in [-0.15, -0.1) is 0 Å². The summed E-state index contributed by atoms with van der Waals surface area (Å²) in [6.45, 7) is 0.440. The van der Waals surface area contributed by atoms with Gasteiger partial charge < -0.3 is 19.7 Å². The number of carbonyl (C=O) groups is 1. The lowest BCUT2D eigenvalue weighted by atomic mass is 10.0. The fourth-order valence-electron chi connectivity index (χ4n) is 2.61. The van der Waals surface area contributed by atoms with Crippen molar-refractivity contribution in [1.29, 1.82) is 0 Å². The van der Waals surface area contributed by atoms with Gasteiger partial charge in [-0.25, -0.2) is 0 Å². The third-order valence-corrected chi connectivity index (χ3v) is 4.29. The van der Waals surface area contributed by atoms with Crippen LogP contribution in [0.2, 0.25) is 5.02 Å². The Kier molecular flexibility index (Phi) is 6.67. The molecule has 0 aliphatic heterocycles. The van der Waals surface area contributed by atoms with Crippen LogP contribution in [0.3, 0.4) is 0 Å². The van der Waals surface area contributed by atoms with Crippen molar-refractivity contribution >= 4 is 17.5 Å². The molecule has 5 nitrogen and oxygen atoms in total. The van der Waals surface area contributed by atoms with Crippen LogP contribution in [0.5, 0.6) is 11.5 Å². The summed E-state index contributed by atoms with van der Waals surface area (Å²) < 4.78 is 10.5. The Morgan fingerprint density at radius 1 is 1.12 bits per heavy atom. The number of ether oxygens (including phenoxy) is 2. The summed E-state index contributed by atoms with van der Waals surface area (Å²) in [7, 11) is 7.11. The first-order chi connectivity index (χ1) is 12.0. The molecule has 2 rings (SSSR count). The zero-order valence-corrected chi connectivity index (χ0v) is 15.6. The van der Waals surface area contributed by atoms with Crippen molar-refractivity contribution in [3.05, 3.63) is 58.6 Å². The highest BCUT2D eigenvalue weighted by molar-refractivity contribution is 6.32. The highest BCUT2D eigenvalue weighted by atomic mass is 35.5. The molecule has 0 aromatic heterocycles. The zero-order valence-electron chi connectivity index (χ0n) is 14.9. The van der Waals surface area contributed by atoms with Crippen LogP contribution >= 0.6 is 11.6 Å². The van der Waals surface area contributed by atoms with E-state index in [2.05, 4.69) is 5.32 Å². The number of para-hydroxylation sites is 1. The van der Waals surface area contributed by atoms with Crippen LogP contribution in [0.15, 0.2) is 42.5 Å². The first-order valence-electron chi connectivity index (χ1n) is 7.89. The SMILES string of the molecule is COc1ccc(C(=O)NCC(c2ccccc2OC)N(C)C)cc1Cl. The van der Waals surface area contributed by atoms with Gasteiger partial charge in [-0.05, 0) is 38.4 Å². The van der Waals surface area contributed by atoms with Crippen molar-refractivity contribution in [1.82, 2.24) is 10.2 Å². The van der Waals surface area contributed by atoms with Gasteiger partial charge in [-0.3, -0.25) is 4.79 Å². The molecule has 0 bridgehead atoms. The number of rotatable bonds is 7. The summed E-state index contributed by atoms with van der Waals surface area (Å²) in [4.78, 5) is 14.5. The lowest BCUT2D eigenvalue weighted by Crippen LogP contribution is -2.34.